The first-order valence-corrected chi connectivity index (χ1v) is 8.27. The van der Waals surface area contributed by atoms with Gasteiger partial charge < -0.3 is 5.32 Å². The number of aromatic nitrogens is 2. The maximum absolute atomic E-state index is 12.6. The number of amides is 1. The van der Waals surface area contributed by atoms with Gasteiger partial charge in [0, 0.05) is 23.6 Å². The smallest absolute Gasteiger partial charge is 0.267 e. The summed E-state index contributed by atoms with van der Waals surface area (Å²) < 4.78 is 0. The number of hydrogen-bond acceptors (Lipinski definition) is 4. The molecule has 0 unspecified atom stereocenters. The fraction of sp³-hybridized carbons (Fsp3) is 0.167. The molecular weight excluding hydrogens is 306 g/mol. The molecular formula is C18H17N3OS. The highest BCUT2D eigenvalue weighted by Gasteiger charge is 2.17. The van der Waals surface area contributed by atoms with E-state index in [2.05, 4.69) is 22.2 Å². The van der Waals surface area contributed by atoms with Gasteiger partial charge in [0.05, 0.1) is 5.69 Å². The molecule has 0 bridgehead atoms. The maximum Gasteiger partial charge on any atom is 0.267 e. The lowest BCUT2D eigenvalue weighted by atomic mass is 10.1. The SMILES string of the molecule is CCc1ccccc1NC(=O)c1sc(-c2cccnc2)nc1C. The van der Waals surface area contributed by atoms with Gasteiger partial charge in [0.1, 0.15) is 9.88 Å². The van der Waals surface area contributed by atoms with Crippen LogP contribution in [0, 0.1) is 6.92 Å². The molecule has 0 aliphatic rings. The van der Waals surface area contributed by atoms with E-state index in [1.165, 1.54) is 11.3 Å². The van der Waals surface area contributed by atoms with Crippen molar-refractivity contribution in [1.29, 1.82) is 0 Å². The summed E-state index contributed by atoms with van der Waals surface area (Å²) in [5.41, 5.74) is 3.64. The number of aryl methyl sites for hydroxylation is 2. The zero-order valence-electron chi connectivity index (χ0n) is 13.0. The van der Waals surface area contributed by atoms with Crippen LogP contribution in [0.1, 0.15) is 27.9 Å². The second kappa shape index (κ2) is 6.71. The third-order valence-electron chi connectivity index (χ3n) is 3.56. The lowest BCUT2D eigenvalue weighted by molar-refractivity contribution is 0.102. The topological polar surface area (TPSA) is 54.9 Å². The number of hydrogen-bond donors (Lipinski definition) is 1. The predicted molar refractivity (Wildman–Crippen MR) is 93.9 cm³/mol. The van der Waals surface area contributed by atoms with Gasteiger partial charge in [-0.05, 0) is 37.1 Å². The molecule has 0 spiro atoms. The van der Waals surface area contributed by atoms with E-state index in [1.807, 2.05) is 43.3 Å². The quantitative estimate of drug-likeness (QED) is 0.777. The van der Waals surface area contributed by atoms with E-state index >= 15 is 0 Å². The Morgan fingerprint density at radius 1 is 1.22 bits per heavy atom. The Morgan fingerprint density at radius 3 is 2.78 bits per heavy atom. The Balaban J connectivity index is 1.87. The molecule has 0 fully saturated rings. The number of para-hydroxylation sites is 1. The van der Waals surface area contributed by atoms with Gasteiger partial charge in [0.25, 0.3) is 5.91 Å². The third-order valence-corrected chi connectivity index (χ3v) is 4.76. The van der Waals surface area contributed by atoms with Gasteiger partial charge >= 0.3 is 0 Å². The summed E-state index contributed by atoms with van der Waals surface area (Å²) in [6.07, 6.45) is 4.35. The van der Waals surface area contributed by atoms with Crippen molar-refractivity contribution in [1.82, 2.24) is 9.97 Å². The molecule has 0 atom stereocenters. The van der Waals surface area contributed by atoms with E-state index in [4.69, 9.17) is 0 Å². The van der Waals surface area contributed by atoms with Crippen molar-refractivity contribution < 1.29 is 4.79 Å². The summed E-state index contributed by atoms with van der Waals surface area (Å²) >= 11 is 1.39. The van der Waals surface area contributed by atoms with Crippen LogP contribution in [-0.2, 0) is 6.42 Å². The predicted octanol–water partition coefficient (Wildman–Crippen LogP) is 4.33. The van der Waals surface area contributed by atoms with Crippen molar-refractivity contribution in [3.8, 4) is 10.6 Å². The fourth-order valence-electron chi connectivity index (χ4n) is 2.35. The number of anilines is 1. The van der Waals surface area contributed by atoms with Gasteiger partial charge in [-0.2, -0.15) is 0 Å². The normalized spacial score (nSPS) is 10.5. The first-order valence-electron chi connectivity index (χ1n) is 7.46. The van der Waals surface area contributed by atoms with Crippen molar-refractivity contribution in [2.75, 3.05) is 5.32 Å². The molecule has 3 aromatic rings. The monoisotopic (exact) mass is 323 g/mol. The van der Waals surface area contributed by atoms with E-state index in [-0.39, 0.29) is 5.91 Å². The minimum Gasteiger partial charge on any atom is -0.321 e. The van der Waals surface area contributed by atoms with Crippen LogP contribution in [-0.4, -0.2) is 15.9 Å². The van der Waals surface area contributed by atoms with Crippen molar-refractivity contribution >= 4 is 22.9 Å². The molecule has 0 aliphatic carbocycles. The number of nitrogens with one attached hydrogen (secondary N) is 1. The molecule has 2 aromatic heterocycles. The van der Waals surface area contributed by atoms with E-state index in [1.54, 1.807) is 12.4 Å². The number of rotatable bonds is 4. The summed E-state index contributed by atoms with van der Waals surface area (Å²) in [4.78, 5) is 21.8. The number of thiazole rings is 1. The summed E-state index contributed by atoms with van der Waals surface area (Å²) in [6.45, 7) is 3.93. The zero-order valence-corrected chi connectivity index (χ0v) is 13.9. The highest BCUT2D eigenvalue weighted by molar-refractivity contribution is 7.17. The van der Waals surface area contributed by atoms with Crippen LogP contribution in [0.4, 0.5) is 5.69 Å². The van der Waals surface area contributed by atoms with Crippen LogP contribution in [0.25, 0.3) is 10.6 Å². The number of pyridine rings is 1. The van der Waals surface area contributed by atoms with Gasteiger partial charge in [-0.3, -0.25) is 9.78 Å². The highest BCUT2D eigenvalue weighted by atomic mass is 32.1. The summed E-state index contributed by atoms with van der Waals surface area (Å²) in [5.74, 6) is -0.115. The number of benzene rings is 1. The molecule has 0 saturated heterocycles. The van der Waals surface area contributed by atoms with E-state index in [9.17, 15) is 4.79 Å². The van der Waals surface area contributed by atoms with Crippen LogP contribution in [0.5, 0.6) is 0 Å². The molecule has 3 rings (SSSR count). The van der Waals surface area contributed by atoms with Crippen molar-refractivity contribution in [2.24, 2.45) is 0 Å². The van der Waals surface area contributed by atoms with Gasteiger partial charge in [0.2, 0.25) is 0 Å². The van der Waals surface area contributed by atoms with Crippen molar-refractivity contribution in [3.05, 3.63) is 64.9 Å². The molecule has 1 aromatic carbocycles. The van der Waals surface area contributed by atoms with Crippen LogP contribution in [0.3, 0.4) is 0 Å². The number of carbonyl (C=O) groups excluding carboxylic acids is 1. The Labute approximate surface area is 139 Å². The van der Waals surface area contributed by atoms with Crippen LogP contribution >= 0.6 is 11.3 Å². The second-order valence-corrected chi connectivity index (χ2v) is 6.14. The summed E-state index contributed by atoms with van der Waals surface area (Å²) in [6, 6.07) is 11.7. The first-order chi connectivity index (χ1) is 11.2. The molecule has 2 heterocycles. The van der Waals surface area contributed by atoms with Gasteiger partial charge in [0.15, 0.2) is 0 Å². The first kappa shape index (κ1) is 15.4. The fourth-order valence-corrected chi connectivity index (χ4v) is 3.30. The van der Waals surface area contributed by atoms with Gasteiger partial charge in [-0.15, -0.1) is 11.3 Å². The molecule has 0 aliphatic heterocycles. The Hall–Kier alpha value is -2.53. The summed E-state index contributed by atoms with van der Waals surface area (Å²) in [7, 11) is 0. The zero-order chi connectivity index (χ0) is 16.2. The minimum atomic E-state index is -0.115. The van der Waals surface area contributed by atoms with Crippen LogP contribution in [0.15, 0.2) is 48.8 Å². The number of carbonyl (C=O) groups is 1. The maximum atomic E-state index is 12.6. The highest BCUT2D eigenvalue weighted by Crippen LogP contribution is 2.28. The lowest BCUT2D eigenvalue weighted by Gasteiger charge is -2.08. The largest absolute Gasteiger partial charge is 0.321 e. The molecule has 1 amide bonds. The van der Waals surface area contributed by atoms with Gasteiger partial charge in [-0.1, -0.05) is 25.1 Å². The molecule has 1 N–H and O–H groups in total. The molecule has 23 heavy (non-hydrogen) atoms. The molecule has 0 saturated carbocycles. The van der Waals surface area contributed by atoms with Gasteiger partial charge in [-0.25, -0.2) is 4.98 Å². The average molecular weight is 323 g/mol. The van der Waals surface area contributed by atoms with E-state index in [0.29, 0.717) is 4.88 Å². The standard InChI is InChI=1S/C18H17N3OS/c1-3-13-7-4-5-9-15(13)21-17(22)16-12(2)20-18(23-16)14-8-6-10-19-11-14/h4-11H,3H2,1-2H3,(H,21,22). The van der Waals surface area contributed by atoms with E-state index < -0.39 is 0 Å². The Morgan fingerprint density at radius 2 is 2.04 bits per heavy atom. The summed E-state index contributed by atoms with van der Waals surface area (Å²) in [5, 5.41) is 3.81. The van der Waals surface area contributed by atoms with Crippen molar-refractivity contribution in [3.63, 3.8) is 0 Å². The Bertz CT molecular complexity index is 827. The molecule has 116 valence electrons. The second-order valence-electron chi connectivity index (χ2n) is 5.14. The molecule has 0 radical (unpaired) electrons. The van der Waals surface area contributed by atoms with Crippen LogP contribution < -0.4 is 5.32 Å². The third kappa shape index (κ3) is 3.29. The number of nitrogens with zero attached hydrogens (tertiary/aromatic N) is 2. The average Bonchev–Trinajstić information content (AvgIpc) is 2.98. The van der Waals surface area contributed by atoms with Crippen LogP contribution in [0.2, 0.25) is 0 Å². The lowest BCUT2D eigenvalue weighted by Crippen LogP contribution is -2.12. The Kier molecular flexibility index (Phi) is 4.48. The molecule has 4 nitrogen and oxygen atoms in total. The van der Waals surface area contributed by atoms with E-state index in [0.717, 1.165) is 33.9 Å². The van der Waals surface area contributed by atoms with Crippen molar-refractivity contribution in [2.45, 2.75) is 20.3 Å². The molecule has 5 heteroatoms. The minimum absolute atomic E-state index is 0.115.